The molecule has 0 aliphatic carbocycles. The van der Waals surface area contributed by atoms with Gasteiger partial charge in [0.1, 0.15) is 17.1 Å². The van der Waals surface area contributed by atoms with Crippen molar-refractivity contribution in [2.24, 2.45) is 49.3 Å². The number of benzene rings is 16. The molecule has 16 aromatic carbocycles. The molecule has 0 saturated heterocycles. The van der Waals surface area contributed by atoms with Gasteiger partial charge in [0.05, 0.1) is 155 Å². The van der Waals surface area contributed by atoms with E-state index in [-0.39, 0.29) is 0 Å². The topological polar surface area (TPSA) is 108 Å². The molecule has 0 bridgehead atoms. The fraction of sp³-hybridized carbons (Fsp3) is 0.175. The normalized spacial score (nSPS) is 11.7. The third-order valence-electron chi connectivity index (χ3n) is 28.9. The van der Waals surface area contributed by atoms with Gasteiger partial charge in [0.25, 0.3) is 29.1 Å². The summed E-state index contributed by atoms with van der Waals surface area (Å²) >= 11 is 8.66. The van der Waals surface area contributed by atoms with Crippen LogP contribution in [0.2, 0.25) is 0 Å². The number of hydrogen-bond acceptors (Lipinski definition) is 10. The predicted octanol–water partition coefficient (Wildman–Crippen LogP) is 30.5. The number of fused-ring (bicyclic) bond motifs is 11. The molecule has 0 amide bonds. The van der Waals surface area contributed by atoms with E-state index in [2.05, 4.69) is 500 Å². The van der Waals surface area contributed by atoms with Crippen molar-refractivity contribution in [3.63, 3.8) is 0 Å². The Hall–Kier alpha value is -15.4. The minimum absolute atomic E-state index is 0.349. The lowest BCUT2D eigenvalue weighted by atomic mass is 9.88. The van der Waals surface area contributed by atoms with E-state index in [9.17, 15) is 0 Å². The van der Waals surface area contributed by atoms with Crippen molar-refractivity contribution in [1.82, 2.24) is 47.8 Å². The number of aryl methyl sites for hydroxylation is 13. The summed E-state index contributed by atoms with van der Waals surface area (Å²) in [6.45, 7) is 26.7. The number of nitrogens with zero attached hydrogens (tertiary/aromatic N) is 15. The lowest BCUT2D eigenvalue weighted by molar-refractivity contribution is -0.634. The van der Waals surface area contributed by atoms with Crippen LogP contribution in [0.1, 0.15) is 108 Å². The standard InChI is InChI=1S/C34H34N3S.C28H22N3S.C26H20N3S.C20H22N3S.C18H18N3S/c1-21(2)26-18-25(24-12-8-7-9-13-24)19-27(22(3)4)33(26)37-29-15-11-10-14-28(29)36(6)34(37)31-23(5)16-17-30-32(31)35-20-38-30;1-19-12-17-25-27(29-18-32-25)26(19)28-30(2)23-10-6-7-11-24(23)31(28)22-15-13-21(14-16-22)20-8-4-3-5-9-20;1-17-14-15-23-25(27-16-30-23)24(17)26-28(2)21-11-5-6-12-22(21)29(26)20-13-7-9-18-8-3-4-10-19(18)20;1-12(2)19-21-18-16(24-19)11-10-13(3)17(18)20-22(4)14-8-6-7-9-15(14)23(20)5;1-11-9-10-15-17(19-12(2)22-15)16(11)18-20(3)13-7-5-6-8-14(13)21(18)4/h7-22H,1-6H3;3-18H,1-2H3;3-16H,1-2H3;6-12H,1-5H3;5-10H,1-4H3/q5*+1. The van der Waals surface area contributed by atoms with Crippen LogP contribution in [0.5, 0.6) is 0 Å². The largest absolute Gasteiger partial charge is 0.297 e. The van der Waals surface area contributed by atoms with E-state index in [1.165, 1.54) is 212 Å². The zero-order valence-electron chi connectivity index (χ0n) is 85.8. The highest BCUT2D eigenvalue weighted by Gasteiger charge is 2.38. The highest BCUT2D eigenvalue weighted by Crippen LogP contribution is 2.46. The molecule has 10 heterocycles. The van der Waals surface area contributed by atoms with Crippen LogP contribution in [-0.4, -0.2) is 47.8 Å². The van der Waals surface area contributed by atoms with Crippen LogP contribution in [0, 0.1) is 41.5 Å². The Balaban J connectivity index is 0.000000105. The van der Waals surface area contributed by atoms with Crippen LogP contribution >= 0.6 is 56.7 Å². The van der Waals surface area contributed by atoms with Gasteiger partial charge >= 0.3 is 0 Å². The van der Waals surface area contributed by atoms with Gasteiger partial charge in [0, 0.05) is 22.4 Å². The second kappa shape index (κ2) is 39.3. The lowest BCUT2D eigenvalue weighted by Crippen LogP contribution is -2.30. The van der Waals surface area contributed by atoms with Gasteiger partial charge in [-0.15, -0.1) is 56.7 Å². The molecule has 146 heavy (non-hydrogen) atoms. The molecule has 10 aromatic heterocycles. The number of thiazole rings is 5. The average molecular weight is 2000 g/mol. The molecule has 0 aliphatic rings. The van der Waals surface area contributed by atoms with Gasteiger partial charge in [-0.25, -0.2) is 56.9 Å². The molecule has 0 radical (unpaired) electrons. The van der Waals surface area contributed by atoms with Crippen LogP contribution in [-0.2, 0) is 49.3 Å². The second-order valence-electron chi connectivity index (χ2n) is 39.1. The van der Waals surface area contributed by atoms with Crippen molar-refractivity contribution >= 4 is 174 Å². The molecule has 0 aliphatic heterocycles. The number of para-hydroxylation sites is 10. The van der Waals surface area contributed by atoms with Crippen molar-refractivity contribution in [3.8, 4) is 96.3 Å². The van der Waals surface area contributed by atoms with Crippen LogP contribution in [0.25, 0.3) is 213 Å². The first kappa shape index (κ1) is 95.4. The average Bonchev–Trinajstić information content (AvgIpc) is 1.57. The third kappa shape index (κ3) is 16.7. The summed E-state index contributed by atoms with van der Waals surface area (Å²) < 4.78 is 29.5. The predicted molar refractivity (Wildman–Crippen MR) is 614 cm³/mol. The van der Waals surface area contributed by atoms with Crippen molar-refractivity contribution in [2.75, 3.05) is 0 Å². The molecule has 720 valence electrons. The van der Waals surface area contributed by atoms with Crippen molar-refractivity contribution in [3.05, 3.63) is 387 Å². The lowest BCUT2D eigenvalue weighted by Gasteiger charge is -2.21. The Morgan fingerprint density at radius 1 is 0.274 bits per heavy atom. The van der Waals surface area contributed by atoms with E-state index in [0.29, 0.717) is 17.8 Å². The molecule has 26 rings (SSSR count). The van der Waals surface area contributed by atoms with Crippen LogP contribution in [0.3, 0.4) is 0 Å². The van der Waals surface area contributed by atoms with Gasteiger partial charge in [-0.3, -0.25) is 0 Å². The molecule has 15 nitrogen and oxygen atoms in total. The van der Waals surface area contributed by atoms with Gasteiger partial charge in [-0.2, -0.15) is 13.7 Å². The maximum atomic E-state index is 4.99. The van der Waals surface area contributed by atoms with Crippen LogP contribution in [0.4, 0.5) is 0 Å². The molecule has 0 atom stereocenters. The van der Waals surface area contributed by atoms with E-state index in [0.717, 1.165) is 49.9 Å². The quantitative estimate of drug-likeness (QED) is 0.107. The maximum Gasteiger partial charge on any atom is 0.297 e. The summed E-state index contributed by atoms with van der Waals surface area (Å²) in [6, 6.07) is 115. The number of hydrogen-bond donors (Lipinski definition) is 0. The molecule has 0 saturated carbocycles. The van der Waals surface area contributed by atoms with Crippen molar-refractivity contribution in [1.29, 1.82) is 0 Å². The summed E-state index contributed by atoms with van der Waals surface area (Å²) in [4.78, 5) is 24.2. The molecule has 0 unspecified atom stereocenters. The summed E-state index contributed by atoms with van der Waals surface area (Å²) in [5.41, 5.74) is 47.1. The van der Waals surface area contributed by atoms with Crippen molar-refractivity contribution in [2.45, 2.75) is 101 Å². The second-order valence-corrected chi connectivity index (χ2v) is 44.0. The molecular formula is C126H116N15S5+5. The zero-order valence-corrected chi connectivity index (χ0v) is 89.9. The van der Waals surface area contributed by atoms with E-state index in [4.69, 9.17) is 24.9 Å². The Bertz CT molecular complexity index is 9420. The first-order valence-electron chi connectivity index (χ1n) is 49.9. The Labute approximate surface area is 870 Å². The highest BCUT2D eigenvalue weighted by molar-refractivity contribution is 7.19. The summed E-state index contributed by atoms with van der Waals surface area (Å²) in [7, 11) is 15.1. The summed E-state index contributed by atoms with van der Waals surface area (Å²) in [6.07, 6.45) is 0. The molecule has 26 aromatic rings. The van der Waals surface area contributed by atoms with Gasteiger partial charge < -0.3 is 0 Å². The molecular weight excluding hydrogens is 1880 g/mol. The minimum Gasteiger partial charge on any atom is -0.244 e. The Morgan fingerprint density at radius 2 is 0.610 bits per heavy atom. The highest BCUT2D eigenvalue weighted by atomic mass is 32.1. The molecule has 0 spiro atoms. The van der Waals surface area contributed by atoms with E-state index < -0.39 is 0 Å². The van der Waals surface area contributed by atoms with Gasteiger partial charge in [-0.1, -0.05) is 242 Å². The fourth-order valence-corrected chi connectivity index (χ4v) is 25.5. The summed E-state index contributed by atoms with van der Waals surface area (Å²) in [5.74, 6) is 7.04. The molecule has 0 N–H and O–H groups in total. The Morgan fingerprint density at radius 3 is 1.05 bits per heavy atom. The van der Waals surface area contributed by atoms with E-state index >= 15 is 0 Å². The first-order valence-corrected chi connectivity index (χ1v) is 54.2. The summed E-state index contributed by atoms with van der Waals surface area (Å²) in [5, 5.41) is 4.80. The van der Waals surface area contributed by atoms with Crippen LogP contribution in [0.15, 0.2) is 338 Å². The van der Waals surface area contributed by atoms with E-state index in [1.807, 2.05) is 27.9 Å². The fourth-order valence-electron chi connectivity index (χ4n) is 21.7. The monoisotopic (exact) mass is 2000 g/mol. The van der Waals surface area contributed by atoms with E-state index in [1.54, 1.807) is 45.3 Å². The van der Waals surface area contributed by atoms with Gasteiger partial charge in [0.15, 0.2) is 55.2 Å². The molecule has 20 heteroatoms. The number of aromatic nitrogens is 15. The number of rotatable bonds is 13. The van der Waals surface area contributed by atoms with Gasteiger partial charge in [-0.05, 0) is 230 Å². The van der Waals surface area contributed by atoms with Crippen LogP contribution < -0.4 is 22.8 Å². The molecule has 0 fully saturated rings. The maximum absolute atomic E-state index is 4.99. The smallest absolute Gasteiger partial charge is 0.244 e. The third-order valence-corrected chi connectivity index (χ3v) is 33.5. The number of imidazole rings is 5. The zero-order chi connectivity index (χ0) is 101. The minimum atomic E-state index is 0.349. The SMILES string of the molecule is Cc1ccc2sc(C(C)C)nc2c1-c1n(C)c2ccccc2[n+]1C.Cc1ccc2scnc2c1-c1n(-c2c(C(C)C)cc(-c3ccccc3)cc2C(C)C)c2ccccc2[n+]1C.Cc1ccc2scnc2c1-c1n(-c2ccc(-c3ccccc3)cc2)c2ccccc2[n+]1C.Cc1ccc2scnc2c1-c1n(-c2cccc3ccccc23)c2ccccc2[n+]1C.Cc1nc2c(-c3n(C)c4ccccc4[n+]3C)c(C)ccc2s1. The Kier molecular flexibility index (Phi) is 25.7. The first-order chi connectivity index (χ1) is 70.9. The van der Waals surface area contributed by atoms with Gasteiger partial charge in [0.2, 0.25) is 0 Å². The van der Waals surface area contributed by atoms with Crippen molar-refractivity contribution < 1.29 is 22.8 Å².